The number of halogens is 2. The average Bonchev–Trinajstić information content (AvgIpc) is 3.15. The van der Waals surface area contributed by atoms with E-state index in [-0.39, 0.29) is 27.9 Å². The Labute approximate surface area is 144 Å². The number of aryl methyl sites for hydroxylation is 1. The van der Waals surface area contributed by atoms with Crippen LogP contribution in [0.1, 0.15) is 21.7 Å². The zero-order chi connectivity index (χ0) is 18.0. The van der Waals surface area contributed by atoms with E-state index in [1.54, 1.807) is 6.92 Å². The Morgan fingerprint density at radius 3 is 2.96 bits per heavy atom. The van der Waals surface area contributed by atoms with Crippen LogP contribution in [0.15, 0.2) is 27.9 Å². The first-order valence-corrected chi connectivity index (χ1v) is 7.15. The number of carbonyl (C=O) groups is 1. The largest absolute Gasteiger partial charge is 0.378 e. The van der Waals surface area contributed by atoms with E-state index in [1.165, 1.54) is 18.2 Å². The van der Waals surface area contributed by atoms with Crippen LogP contribution in [0.25, 0.3) is 5.82 Å². The number of benzene rings is 1. The van der Waals surface area contributed by atoms with Crippen LogP contribution >= 0.6 is 11.6 Å². The molecule has 3 N–H and O–H groups in total. The Morgan fingerprint density at radius 1 is 1.48 bits per heavy atom. The van der Waals surface area contributed by atoms with Crippen molar-refractivity contribution in [1.82, 2.24) is 30.7 Å². The molecule has 10 nitrogen and oxygen atoms in total. The predicted molar refractivity (Wildman–Crippen MR) is 84.8 cm³/mol. The summed E-state index contributed by atoms with van der Waals surface area (Å²) in [5, 5.41) is 18.4. The number of amides is 1. The van der Waals surface area contributed by atoms with Gasteiger partial charge in [0.1, 0.15) is 5.82 Å². The highest BCUT2D eigenvalue weighted by Gasteiger charge is 2.22. The molecule has 0 saturated carbocycles. The third-order valence-electron chi connectivity index (χ3n) is 3.11. The van der Waals surface area contributed by atoms with Crippen molar-refractivity contribution >= 4 is 29.5 Å². The van der Waals surface area contributed by atoms with Crippen LogP contribution in [0.5, 0.6) is 0 Å². The van der Waals surface area contributed by atoms with Gasteiger partial charge in [-0.05, 0) is 29.4 Å². The van der Waals surface area contributed by atoms with Gasteiger partial charge in [0.15, 0.2) is 5.69 Å². The SMILES string of the molecule is Cc1nnn(-c2nonc2N)c1C(=O)NN=Cc1c(F)cccc1Cl. The number of anilines is 1. The van der Waals surface area contributed by atoms with Crippen molar-refractivity contribution in [2.75, 3.05) is 5.73 Å². The van der Waals surface area contributed by atoms with Crippen LogP contribution in [0.4, 0.5) is 10.2 Å². The number of hydrazone groups is 1. The highest BCUT2D eigenvalue weighted by atomic mass is 35.5. The fraction of sp³-hybridized carbons (Fsp3) is 0.0769. The Hall–Kier alpha value is -3.34. The van der Waals surface area contributed by atoms with E-state index in [0.29, 0.717) is 5.69 Å². The number of aromatic nitrogens is 5. The molecule has 0 spiro atoms. The van der Waals surface area contributed by atoms with Crippen LogP contribution in [-0.4, -0.2) is 37.4 Å². The summed E-state index contributed by atoms with van der Waals surface area (Å²) < 4.78 is 19.2. The Balaban J connectivity index is 1.84. The maximum atomic E-state index is 13.7. The van der Waals surface area contributed by atoms with Crippen LogP contribution in [0.2, 0.25) is 5.02 Å². The van der Waals surface area contributed by atoms with Crippen LogP contribution < -0.4 is 11.2 Å². The molecular formula is C13H10ClFN8O2. The number of nitrogens with one attached hydrogen (secondary N) is 1. The number of nitrogen functional groups attached to an aromatic ring is 1. The predicted octanol–water partition coefficient (Wildman–Crippen LogP) is 1.10. The second kappa shape index (κ2) is 6.65. The number of rotatable bonds is 4. The number of nitrogens with two attached hydrogens (primary N) is 1. The van der Waals surface area contributed by atoms with Crippen molar-refractivity contribution in [2.24, 2.45) is 5.10 Å². The molecule has 128 valence electrons. The van der Waals surface area contributed by atoms with E-state index in [0.717, 1.165) is 10.9 Å². The maximum absolute atomic E-state index is 13.7. The third kappa shape index (κ3) is 3.17. The second-order valence-corrected chi connectivity index (χ2v) is 5.15. The first-order chi connectivity index (χ1) is 12.0. The van der Waals surface area contributed by atoms with Gasteiger partial charge in [0.25, 0.3) is 5.91 Å². The Bertz CT molecular complexity index is 947. The van der Waals surface area contributed by atoms with Crippen molar-refractivity contribution in [3.63, 3.8) is 0 Å². The van der Waals surface area contributed by atoms with Gasteiger partial charge in [-0.15, -0.1) is 5.10 Å². The van der Waals surface area contributed by atoms with E-state index in [1.807, 2.05) is 0 Å². The summed E-state index contributed by atoms with van der Waals surface area (Å²) >= 11 is 5.87. The van der Waals surface area contributed by atoms with Crippen LogP contribution in [-0.2, 0) is 0 Å². The Morgan fingerprint density at radius 2 is 2.28 bits per heavy atom. The number of nitrogens with zero attached hydrogens (tertiary/aromatic N) is 6. The minimum atomic E-state index is -0.673. The van der Waals surface area contributed by atoms with Gasteiger partial charge >= 0.3 is 0 Å². The van der Waals surface area contributed by atoms with Crippen LogP contribution in [0, 0.1) is 12.7 Å². The number of hydrogen-bond acceptors (Lipinski definition) is 8. The minimum absolute atomic E-state index is 0.00637. The lowest BCUT2D eigenvalue weighted by atomic mass is 10.2. The molecule has 1 aromatic carbocycles. The van der Waals surface area contributed by atoms with Gasteiger partial charge in [-0.25, -0.2) is 14.4 Å². The first-order valence-electron chi connectivity index (χ1n) is 6.77. The quantitative estimate of drug-likeness (QED) is 0.522. The molecule has 0 fully saturated rings. The second-order valence-electron chi connectivity index (χ2n) is 4.74. The standard InChI is InChI=1S/C13H10ClFN8O2/c1-6-10(23(22-18-6)12-11(16)20-25-21-12)13(24)19-17-5-7-8(14)3-2-4-9(7)15/h2-5H,1H3,(H2,16,20)(H,19,24). The van der Waals surface area contributed by atoms with Crippen molar-refractivity contribution in [1.29, 1.82) is 0 Å². The summed E-state index contributed by atoms with van der Waals surface area (Å²) in [4.78, 5) is 12.3. The van der Waals surface area contributed by atoms with E-state index < -0.39 is 11.7 Å². The van der Waals surface area contributed by atoms with Crippen molar-refractivity contribution in [3.8, 4) is 5.82 Å². The van der Waals surface area contributed by atoms with E-state index in [2.05, 4.69) is 35.8 Å². The molecule has 0 atom stereocenters. The Kier molecular flexibility index (Phi) is 4.39. The molecule has 3 aromatic rings. The molecule has 0 radical (unpaired) electrons. The lowest BCUT2D eigenvalue weighted by Crippen LogP contribution is -2.23. The molecule has 3 rings (SSSR count). The topological polar surface area (TPSA) is 137 Å². The highest BCUT2D eigenvalue weighted by molar-refractivity contribution is 6.33. The zero-order valence-corrected chi connectivity index (χ0v) is 13.4. The molecule has 12 heteroatoms. The van der Waals surface area contributed by atoms with Gasteiger partial charge in [0.05, 0.1) is 16.9 Å². The molecule has 25 heavy (non-hydrogen) atoms. The van der Waals surface area contributed by atoms with E-state index in [9.17, 15) is 9.18 Å². The molecule has 0 unspecified atom stereocenters. The molecule has 1 amide bonds. The lowest BCUT2D eigenvalue weighted by molar-refractivity contribution is 0.0946. The van der Waals surface area contributed by atoms with E-state index in [4.69, 9.17) is 17.3 Å². The third-order valence-corrected chi connectivity index (χ3v) is 3.44. The maximum Gasteiger partial charge on any atom is 0.292 e. The minimum Gasteiger partial charge on any atom is -0.378 e. The van der Waals surface area contributed by atoms with Gasteiger partial charge in [0.2, 0.25) is 11.6 Å². The molecule has 0 bridgehead atoms. The summed E-state index contributed by atoms with van der Waals surface area (Å²) in [7, 11) is 0. The number of hydrogen-bond donors (Lipinski definition) is 2. The smallest absolute Gasteiger partial charge is 0.292 e. The monoisotopic (exact) mass is 364 g/mol. The molecule has 0 aliphatic rings. The average molecular weight is 365 g/mol. The van der Waals surface area contributed by atoms with E-state index >= 15 is 0 Å². The first kappa shape index (κ1) is 16.5. The summed E-state index contributed by atoms with van der Waals surface area (Å²) in [6, 6.07) is 4.17. The summed E-state index contributed by atoms with van der Waals surface area (Å²) in [5.74, 6) is -1.31. The summed E-state index contributed by atoms with van der Waals surface area (Å²) in [6.07, 6.45) is 1.09. The summed E-state index contributed by atoms with van der Waals surface area (Å²) in [5.41, 5.74) is 8.17. The van der Waals surface area contributed by atoms with Gasteiger partial charge < -0.3 is 5.73 Å². The van der Waals surface area contributed by atoms with Crippen molar-refractivity contribution in [2.45, 2.75) is 6.92 Å². The molecule has 0 aliphatic heterocycles. The van der Waals surface area contributed by atoms with Gasteiger partial charge in [-0.2, -0.15) is 9.78 Å². The van der Waals surface area contributed by atoms with Gasteiger partial charge in [0, 0.05) is 5.56 Å². The molecule has 2 aromatic heterocycles. The van der Waals surface area contributed by atoms with Crippen LogP contribution in [0.3, 0.4) is 0 Å². The zero-order valence-electron chi connectivity index (χ0n) is 12.6. The molecule has 2 heterocycles. The van der Waals surface area contributed by atoms with Crippen molar-refractivity contribution < 1.29 is 13.8 Å². The summed E-state index contributed by atoms with van der Waals surface area (Å²) in [6.45, 7) is 1.56. The molecule has 0 aliphatic carbocycles. The van der Waals surface area contributed by atoms with Crippen molar-refractivity contribution in [3.05, 3.63) is 46.0 Å². The lowest BCUT2D eigenvalue weighted by Gasteiger charge is -2.03. The molecular weight excluding hydrogens is 355 g/mol. The highest BCUT2D eigenvalue weighted by Crippen LogP contribution is 2.17. The van der Waals surface area contributed by atoms with Gasteiger partial charge in [-0.1, -0.05) is 22.9 Å². The fourth-order valence-corrected chi connectivity index (χ4v) is 2.16. The number of carbonyl (C=O) groups excluding carboxylic acids is 1. The fourth-order valence-electron chi connectivity index (χ4n) is 1.95. The van der Waals surface area contributed by atoms with Gasteiger partial charge in [-0.3, -0.25) is 4.79 Å². The normalized spacial score (nSPS) is 11.2. The molecule has 0 saturated heterocycles.